The summed E-state index contributed by atoms with van der Waals surface area (Å²) in [7, 11) is 0. The summed E-state index contributed by atoms with van der Waals surface area (Å²) < 4.78 is 7.29. The Kier molecular flexibility index (Phi) is 4.77. The molecule has 104 valence electrons. The van der Waals surface area contributed by atoms with Crippen LogP contribution < -0.4 is 4.74 Å². The molecule has 0 fully saturated rings. The highest BCUT2D eigenvalue weighted by atomic mass is 79.9. The van der Waals surface area contributed by atoms with Crippen LogP contribution in [-0.2, 0) is 6.61 Å². The largest absolute Gasteiger partial charge is 0.489 e. The molecule has 0 aliphatic heterocycles. The standard InChI is InChI=1S/C14H11Br2NO3/c1-9-6-12(4-5-13(9)16)20-8-10-2-3-11(15)7-14(10)17(18)19/h2-7H,8H2,1H3. The second-order valence-electron chi connectivity index (χ2n) is 4.23. The van der Waals surface area contributed by atoms with E-state index < -0.39 is 4.92 Å². The van der Waals surface area contributed by atoms with Crippen molar-refractivity contribution in [3.63, 3.8) is 0 Å². The van der Waals surface area contributed by atoms with E-state index in [4.69, 9.17) is 4.74 Å². The number of ether oxygens (including phenoxy) is 1. The fourth-order valence-electron chi connectivity index (χ4n) is 1.70. The van der Waals surface area contributed by atoms with E-state index in [1.165, 1.54) is 6.07 Å². The molecule has 2 aromatic rings. The van der Waals surface area contributed by atoms with E-state index in [1.54, 1.807) is 12.1 Å². The normalized spacial score (nSPS) is 10.3. The van der Waals surface area contributed by atoms with Gasteiger partial charge in [0.05, 0.1) is 10.5 Å². The Bertz CT molecular complexity index is 659. The molecule has 2 rings (SSSR count). The molecule has 0 unspecified atom stereocenters. The van der Waals surface area contributed by atoms with Crippen molar-refractivity contribution in [2.24, 2.45) is 0 Å². The Hall–Kier alpha value is -1.40. The first-order valence-electron chi connectivity index (χ1n) is 5.79. The van der Waals surface area contributed by atoms with Gasteiger partial charge in [0.15, 0.2) is 0 Å². The summed E-state index contributed by atoms with van der Waals surface area (Å²) in [5.41, 5.74) is 1.64. The summed E-state index contributed by atoms with van der Waals surface area (Å²) in [6.07, 6.45) is 0. The maximum absolute atomic E-state index is 11.0. The molecule has 0 aliphatic rings. The molecule has 0 heterocycles. The van der Waals surface area contributed by atoms with Crippen LogP contribution in [0.5, 0.6) is 5.75 Å². The fraction of sp³-hybridized carbons (Fsp3) is 0.143. The second-order valence-corrected chi connectivity index (χ2v) is 6.00. The molecule has 4 nitrogen and oxygen atoms in total. The third-order valence-corrected chi connectivity index (χ3v) is 4.15. The minimum Gasteiger partial charge on any atom is -0.489 e. The number of nitro benzene ring substituents is 1. The summed E-state index contributed by atoms with van der Waals surface area (Å²) in [5.74, 6) is 0.683. The highest BCUT2D eigenvalue weighted by Gasteiger charge is 2.14. The number of nitrogens with zero attached hydrogens (tertiary/aromatic N) is 1. The first kappa shape index (κ1) is 15.0. The van der Waals surface area contributed by atoms with Crippen molar-refractivity contribution in [1.82, 2.24) is 0 Å². The van der Waals surface area contributed by atoms with Gasteiger partial charge in [0.2, 0.25) is 0 Å². The third kappa shape index (κ3) is 3.58. The highest BCUT2D eigenvalue weighted by molar-refractivity contribution is 9.10. The first-order valence-corrected chi connectivity index (χ1v) is 7.38. The molecule has 0 saturated carbocycles. The van der Waals surface area contributed by atoms with Crippen LogP contribution in [-0.4, -0.2) is 4.92 Å². The van der Waals surface area contributed by atoms with Gasteiger partial charge in [-0.05, 0) is 42.8 Å². The minimum atomic E-state index is -0.406. The van der Waals surface area contributed by atoms with Crippen LogP contribution in [0.4, 0.5) is 5.69 Å². The van der Waals surface area contributed by atoms with E-state index in [1.807, 2.05) is 25.1 Å². The Morgan fingerprint density at radius 3 is 2.60 bits per heavy atom. The second kappa shape index (κ2) is 6.37. The lowest BCUT2D eigenvalue weighted by Gasteiger charge is -2.08. The monoisotopic (exact) mass is 399 g/mol. The predicted molar refractivity (Wildman–Crippen MR) is 84.0 cm³/mol. The smallest absolute Gasteiger partial charge is 0.277 e. The van der Waals surface area contributed by atoms with Crippen molar-refractivity contribution in [2.45, 2.75) is 13.5 Å². The van der Waals surface area contributed by atoms with Crippen molar-refractivity contribution in [2.75, 3.05) is 0 Å². The zero-order valence-corrected chi connectivity index (χ0v) is 13.8. The fourth-order valence-corrected chi connectivity index (χ4v) is 2.29. The Balaban J connectivity index is 2.18. The van der Waals surface area contributed by atoms with Gasteiger partial charge in [0.1, 0.15) is 12.4 Å². The van der Waals surface area contributed by atoms with Crippen LogP contribution >= 0.6 is 31.9 Å². The number of rotatable bonds is 4. The van der Waals surface area contributed by atoms with Crippen LogP contribution in [0.3, 0.4) is 0 Å². The topological polar surface area (TPSA) is 52.4 Å². The molecular weight excluding hydrogens is 390 g/mol. The zero-order valence-electron chi connectivity index (χ0n) is 10.6. The number of aryl methyl sites for hydroxylation is 1. The van der Waals surface area contributed by atoms with Gasteiger partial charge in [-0.3, -0.25) is 10.1 Å². The van der Waals surface area contributed by atoms with Gasteiger partial charge in [-0.2, -0.15) is 0 Å². The van der Waals surface area contributed by atoms with Gasteiger partial charge >= 0.3 is 0 Å². The zero-order chi connectivity index (χ0) is 14.7. The van der Waals surface area contributed by atoms with Gasteiger partial charge in [0, 0.05) is 15.0 Å². The molecule has 0 radical (unpaired) electrons. The van der Waals surface area contributed by atoms with Gasteiger partial charge in [-0.15, -0.1) is 0 Å². The molecule has 0 spiro atoms. The number of benzene rings is 2. The maximum atomic E-state index is 11.0. The Labute approximate surface area is 133 Å². The van der Waals surface area contributed by atoms with E-state index in [0.29, 0.717) is 15.8 Å². The van der Waals surface area contributed by atoms with E-state index in [2.05, 4.69) is 31.9 Å². The summed E-state index contributed by atoms with van der Waals surface area (Å²) in [6.45, 7) is 2.11. The Morgan fingerprint density at radius 1 is 1.20 bits per heavy atom. The van der Waals surface area contributed by atoms with Gasteiger partial charge in [-0.25, -0.2) is 0 Å². The van der Waals surface area contributed by atoms with Crippen molar-refractivity contribution >= 4 is 37.5 Å². The summed E-state index contributed by atoms with van der Waals surface area (Å²) >= 11 is 6.64. The number of hydrogen-bond acceptors (Lipinski definition) is 3. The predicted octanol–water partition coefficient (Wildman–Crippen LogP) is 5.01. The number of hydrogen-bond donors (Lipinski definition) is 0. The average molecular weight is 401 g/mol. The van der Waals surface area contributed by atoms with Gasteiger partial charge < -0.3 is 4.74 Å². The lowest BCUT2D eigenvalue weighted by molar-refractivity contribution is -0.385. The first-order chi connectivity index (χ1) is 9.47. The van der Waals surface area contributed by atoms with Crippen molar-refractivity contribution in [3.05, 3.63) is 66.6 Å². The molecular formula is C14H11Br2NO3. The van der Waals surface area contributed by atoms with Crippen molar-refractivity contribution in [1.29, 1.82) is 0 Å². The summed E-state index contributed by atoms with van der Waals surface area (Å²) in [5, 5.41) is 11.0. The average Bonchev–Trinajstić information content (AvgIpc) is 2.41. The lowest BCUT2D eigenvalue weighted by Crippen LogP contribution is -2.00. The molecule has 2 aromatic carbocycles. The summed E-state index contributed by atoms with van der Waals surface area (Å²) in [4.78, 5) is 10.6. The van der Waals surface area contributed by atoms with E-state index in [9.17, 15) is 10.1 Å². The van der Waals surface area contributed by atoms with Crippen LogP contribution in [0.1, 0.15) is 11.1 Å². The summed E-state index contributed by atoms with van der Waals surface area (Å²) in [6, 6.07) is 10.5. The molecule has 0 amide bonds. The maximum Gasteiger partial charge on any atom is 0.277 e. The van der Waals surface area contributed by atoms with Crippen LogP contribution in [0, 0.1) is 17.0 Å². The van der Waals surface area contributed by atoms with Crippen LogP contribution in [0.25, 0.3) is 0 Å². The molecule has 0 aliphatic carbocycles. The van der Waals surface area contributed by atoms with Crippen molar-refractivity contribution < 1.29 is 9.66 Å². The molecule has 6 heteroatoms. The van der Waals surface area contributed by atoms with Gasteiger partial charge in [-0.1, -0.05) is 31.9 Å². The quantitative estimate of drug-likeness (QED) is 0.535. The van der Waals surface area contributed by atoms with Gasteiger partial charge in [0.25, 0.3) is 5.69 Å². The molecule has 20 heavy (non-hydrogen) atoms. The minimum absolute atomic E-state index is 0.0493. The third-order valence-electron chi connectivity index (χ3n) is 2.77. The molecule has 0 saturated heterocycles. The molecule has 0 N–H and O–H groups in total. The van der Waals surface area contributed by atoms with Crippen molar-refractivity contribution in [3.8, 4) is 5.75 Å². The molecule has 0 aromatic heterocycles. The number of nitro groups is 1. The van der Waals surface area contributed by atoms with Crippen LogP contribution in [0.15, 0.2) is 45.3 Å². The molecule has 0 bridgehead atoms. The SMILES string of the molecule is Cc1cc(OCc2ccc(Br)cc2[N+](=O)[O-])ccc1Br. The highest BCUT2D eigenvalue weighted by Crippen LogP contribution is 2.26. The number of halogens is 2. The van der Waals surface area contributed by atoms with E-state index >= 15 is 0 Å². The lowest BCUT2D eigenvalue weighted by atomic mass is 10.2. The Morgan fingerprint density at radius 2 is 1.95 bits per heavy atom. The molecule has 0 atom stereocenters. The van der Waals surface area contributed by atoms with E-state index in [0.717, 1.165) is 10.0 Å². The van der Waals surface area contributed by atoms with E-state index in [-0.39, 0.29) is 12.3 Å². The van der Waals surface area contributed by atoms with Crippen LogP contribution in [0.2, 0.25) is 0 Å².